The molecule has 0 bridgehead atoms. The Morgan fingerprint density at radius 1 is 1.17 bits per heavy atom. The number of quaternary nitrogens is 1. The fraction of sp³-hybridized carbons (Fsp3) is 0.300. The Bertz CT molecular complexity index is 715. The average Bonchev–Trinajstić information content (AvgIpc) is 2.54. The van der Waals surface area contributed by atoms with E-state index in [9.17, 15) is 5.11 Å². The van der Waals surface area contributed by atoms with Crippen molar-refractivity contribution in [2.45, 2.75) is 37.0 Å². The largest absolute Gasteiger partial charge is 1.00 e. The zero-order valence-electron chi connectivity index (χ0n) is 14.1. The number of thioether (sulfide) groups is 1. The Morgan fingerprint density at radius 3 is 2.58 bits per heavy atom. The van der Waals surface area contributed by atoms with Crippen LogP contribution in [0, 0.1) is 0 Å². The number of phenols is 1. The molecule has 0 fully saturated rings. The molecule has 2 nitrogen and oxygen atoms in total. The van der Waals surface area contributed by atoms with Crippen LogP contribution in [0.4, 0.5) is 0 Å². The summed E-state index contributed by atoms with van der Waals surface area (Å²) in [6.45, 7) is 4.47. The second-order valence-electron chi connectivity index (χ2n) is 6.76. The number of aromatic hydroxyl groups is 1. The van der Waals surface area contributed by atoms with E-state index >= 15 is 0 Å². The Hall–Kier alpha value is -1.42. The van der Waals surface area contributed by atoms with Crippen molar-refractivity contribution in [1.29, 1.82) is 0 Å². The highest BCUT2D eigenvalue weighted by molar-refractivity contribution is 8.02. The van der Waals surface area contributed by atoms with Gasteiger partial charge in [0.2, 0.25) is 0 Å². The van der Waals surface area contributed by atoms with E-state index in [0.29, 0.717) is 17.0 Å². The molecule has 128 valence electrons. The van der Waals surface area contributed by atoms with E-state index in [1.165, 1.54) is 16.7 Å². The quantitative estimate of drug-likeness (QED) is 0.841. The van der Waals surface area contributed by atoms with E-state index in [-0.39, 0.29) is 17.8 Å². The minimum absolute atomic E-state index is 0. The molecule has 4 heteroatoms. The minimum Gasteiger partial charge on any atom is -1.00 e. The fourth-order valence-electron chi connectivity index (χ4n) is 3.29. The highest BCUT2D eigenvalue weighted by Gasteiger charge is 2.43. The topological polar surface area (TPSA) is 47.9 Å². The molecule has 2 aromatic carbocycles. The molecule has 0 amide bonds. The predicted molar refractivity (Wildman–Crippen MR) is 98.4 cm³/mol. The van der Waals surface area contributed by atoms with Gasteiger partial charge in [-0.15, -0.1) is 11.8 Å². The minimum atomic E-state index is -0.0371. The van der Waals surface area contributed by atoms with Crippen LogP contribution in [0.3, 0.4) is 0 Å². The Morgan fingerprint density at radius 2 is 1.88 bits per heavy atom. The van der Waals surface area contributed by atoms with Crippen LogP contribution < -0.4 is 18.1 Å². The van der Waals surface area contributed by atoms with Gasteiger partial charge in [-0.2, -0.15) is 0 Å². The summed E-state index contributed by atoms with van der Waals surface area (Å²) >= 11 is 1.86. The zero-order chi connectivity index (χ0) is 16.4. The molecule has 0 unspecified atom stereocenters. The molecule has 1 aliphatic carbocycles. The maximum Gasteiger partial charge on any atom is 0.115 e. The van der Waals surface area contributed by atoms with Gasteiger partial charge in [-0.05, 0) is 46.7 Å². The van der Waals surface area contributed by atoms with Gasteiger partial charge in [0.1, 0.15) is 11.8 Å². The van der Waals surface area contributed by atoms with Gasteiger partial charge in [-0.25, -0.2) is 0 Å². The smallest absolute Gasteiger partial charge is 0.115 e. The SMILES string of the molecule is CC1(C)c2cc(O)ccc2C[C@@H](S/C=C/c2ccccc2)[C@@H]1[NH3+].[Cl-]. The Balaban J connectivity index is 0.00000208. The van der Waals surface area contributed by atoms with Gasteiger partial charge < -0.3 is 23.2 Å². The third-order valence-corrected chi connectivity index (χ3v) is 6.04. The van der Waals surface area contributed by atoms with Gasteiger partial charge in [-0.1, -0.05) is 50.2 Å². The fourth-order valence-corrected chi connectivity index (χ4v) is 4.53. The number of fused-ring (bicyclic) bond motifs is 1. The highest BCUT2D eigenvalue weighted by atomic mass is 35.5. The first-order chi connectivity index (χ1) is 11.0. The van der Waals surface area contributed by atoms with Crippen LogP contribution in [0.15, 0.2) is 53.9 Å². The van der Waals surface area contributed by atoms with Crippen LogP contribution in [-0.4, -0.2) is 16.4 Å². The van der Waals surface area contributed by atoms with E-state index in [0.717, 1.165) is 6.42 Å². The summed E-state index contributed by atoms with van der Waals surface area (Å²) in [5, 5.41) is 12.4. The molecule has 0 saturated carbocycles. The third kappa shape index (κ3) is 3.80. The zero-order valence-corrected chi connectivity index (χ0v) is 15.6. The Kier molecular flexibility index (Phi) is 6.02. The molecular weight excluding hydrogens is 338 g/mol. The molecular formula is C20H24ClNOS. The summed E-state index contributed by atoms with van der Waals surface area (Å²) < 4.78 is 0. The Labute approximate surface area is 154 Å². The molecule has 1 aliphatic rings. The van der Waals surface area contributed by atoms with Crippen molar-refractivity contribution >= 4 is 17.8 Å². The van der Waals surface area contributed by atoms with Crippen LogP contribution in [0.1, 0.15) is 30.5 Å². The van der Waals surface area contributed by atoms with Gasteiger partial charge in [-0.3, -0.25) is 0 Å². The molecule has 0 heterocycles. The van der Waals surface area contributed by atoms with Gasteiger partial charge in [0.15, 0.2) is 0 Å². The predicted octanol–water partition coefficient (Wildman–Crippen LogP) is 0.613. The third-order valence-electron chi connectivity index (χ3n) is 4.90. The molecule has 0 saturated heterocycles. The number of hydrogen-bond acceptors (Lipinski definition) is 2. The normalized spacial score (nSPS) is 22.0. The second-order valence-corrected chi connectivity index (χ2v) is 7.91. The number of hydrogen-bond donors (Lipinski definition) is 2. The van der Waals surface area contributed by atoms with Crippen LogP contribution in [-0.2, 0) is 11.8 Å². The first-order valence-electron chi connectivity index (χ1n) is 8.01. The molecule has 3 rings (SSSR count). The van der Waals surface area contributed by atoms with Crippen molar-refractivity contribution in [1.82, 2.24) is 0 Å². The van der Waals surface area contributed by atoms with Crippen LogP contribution in [0.25, 0.3) is 6.08 Å². The average molecular weight is 362 g/mol. The number of phenolic OH excluding ortho intramolecular Hbond substituents is 1. The molecule has 2 aromatic rings. The summed E-state index contributed by atoms with van der Waals surface area (Å²) in [7, 11) is 0. The van der Waals surface area contributed by atoms with Crippen LogP contribution >= 0.6 is 11.8 Å². The lowest BCUT2D eigenvalue weighted by Gasteiger charge is -2.40. The lowest BCUT2D eigenvalue weighted by atomic mass is 9.69. The van der Waals surface area contributed by atoms with Crippen LogP contribution in [0.5, 0.6) is 5.75 Å². The summed E-state index contributed by atoms with van der Waals surface area (Å²) in [4.78, 5) is 0. The maximum absolute atomic E-state index is 9.80. The summed E-state index contributed by atoms with van der Waals surface area (Å²) in [6.07, 6.45) is 3.16. The number of halogens is 1. The van der Waals surface area contributed by atoms with Crippen molar-refractivity contribution < 1.29 is 23.2 Å². The van der Waals surface area contributed by atoms with Crippen molar-refractivity contribution in [3.63, 3.8) is 0 Å². The molecule has 0 aromatic heterocycles. The van der Waals surface area contributed by atoms with Gasteiger partial charge in [0, 0.05) is 5.41 Å². The monoisotopic (exact) mass is 361 g/mol. The highest BCUT2D eigenvalue weighted by Crippen LogP contribution is 2.41. The second kappa shape index (κ2) is 7.64. The first kappa shape index (κ1) is 18.9. The van der Waals surface area contributed by atoms with Gasteiger partial charge >= 0.3 is 0 Å². The van der Waals surface area contributed by atoms with Crippen molar-refractivity contribution in [2.24, 2.45) is 0 Å². The summed E-state index contributed by atoms with van der Waals surface area (Å²) in [5.41, 5.74) is 8.20. The van der Waals surface area contributed by atoms with E-state index < -0.39 is 0 Å². The lowest BCUT2D eigenvalue weighted by Crippen LogP contribution is -3.00. The molecule has 0 radical (unpaired) electrons. The summed E-state index contributed by atoms with van der Waals surface area (Å²) in [5.74, 6) is 0.346. The molecule has 0 spiro atoms. The van der Waals surface area contributed by atoms with E-state index in [4.69, 9.17) is 0 Å². The first-order valence-corrected chi connectivity index (χ1v) is 8.95. The van der Waals surface area contributed by atoms with E-state index in [1.54, 1.807) is 6.07 Å². The summed E-state index contributed by atoms with van der Waals surface area (Å²) in [6, 6.07) is 16.4. The standard InChI is InChI=1S/C20H23NOS.ClH/c1-20(2)17-13-16(22)9-8-15(17)12-18(19(20)21)23-11-10-14-6-4-3-5-7-14;/h3-11,13,18-19,22H,12,21H2,1-2H3;1H/b11-10+;/t18-,19+;/m1./s1. The van der Waals surface area contributed by atoms with Crippen LogP contribution in [0.2, 0.25) is 0 Å². The van der Waals surface area contributed by atoms with E-state index in [1.807, 2.05) is 23.9 Å². The molecule has 24 heavy (non-hydrogen) atoms. The lowest BCUT2D eigenvalue weighted by molar-refractivity contribution is -0.435. The van der Waals surface area contributed by atoms with Crippen molar-refractivity contribution in [3.05, 3.63) is 70.6 Å². The number of benzene rings is 2. The van der Waals surface area contributed by atoms with Crippen molar-refractivity contribution in [2.75, 3.05) is 0 Å². The maximum atomic E-state index is 9.80. The van der Waals surface area contributed by atoms with E-state index in [2.05, 4.69) is 61.4 Å². The van der Waals surface area contributed by atoms with Crippen molar-refractivity contribution in [3.8, 4) is 5.75 Å². The van der Waals surface area contributed by atoms with Gasteiger partial charge in [0.05, 0.1) is 5.25 Å². The molecule has 4 N–H and O–H groups in total. The van der Waals surface area contributed by atoms with Gasteiger partial charge in [0.25, 0.3) is 0 Å². The molecule has 0 aliphatic heterocycles. The molecule has 2 atom stereocenters. The number of rotatable bonds is 3.